The molecule has 0 saturated carbocycles. The Balaban J connectivity index is 2.23. The van der Waals surface area contributed by atoms with Crippen LogP contribution in [-0.4, -0.2) is 29.9 Å². The number of hydrogen-bond acceptors (Lipinski definition) is 2. The van der Waals surface area contributed by atoms with Gasteiger partial charge in [0.2, 0.25) is 0 Å². The number of nitrogens with two attached hydrogens (primary N) is 1. The van der Waals surface area contributed by atoms with Crippen molar-refractivity contribution in [2.45, 2.75) is 12.5 Å². The molecule has 86 valence electrons. The number of hydrogen-bond donors (Lipinski definition) is 1. The van der Waals surface area contributed by atoms with Crippen molar-refractivity contribution in [1.82, 2.24) is 4.90 Å². The van der Waals surface area contributed by atoms with Crippen LogP contribution < -0.4 is 5.73 Å². The summed E-state index contributed by atoms with van der Waals surface area (Å²) in [6.45, 7) is 1.11. The summed E-state index contributed by atoms with van der Waals surface area (Å²) < 4.78 is 13.0. The van der Waals surface area contributed by atoms with E-state index in [4.69, 9.17) is 17.3 Å². The Morgan fingerprint density at radius 2 is 2.31 bits per heavy atom. The smallest absolute Gasteiger partial charge is 0.255 e. The van der Waals surface area contributed by atoms with E-state index in [9.17, 15) is 9.18 Å². The summed E-state index contributed by atoms with van der Waals surface area (Å²) in [5.41, 5.74) is 5.91. The predicted octanol–water partition coefficient (Wildman–Crippen LogP) is 1.65. The van der Waals surface area contributed by atoms with Gasteiger partial charge in [-0.15, -0.1) is 0 Å². The maximum atomic E-state index is 13.0. The molecule has 1 amide bonds. The number of rotatable bonds is 1. The Kier molecular flexibility index (Phi) is 3.12. The molecule has 1 fully saturated rings. The molecular weight excluding hydrogens is 231 g/mol. The van der Waals surface area contributed by atoms with E-state index in [0.717, 1.165) is 12.5 Å². The van der Waals surface area contributed by atoms with Crippen LogP contribution in [0.15, 0.2) is 18.2 Å². The van der Waals surface area contributed by atoms with Gasteiger partial charge in [-0.2, -0.15) is 0 Å². The maximum absolute atomic E-state index is 13.0. The molecular formula is C11H12ClFN2O. The Morgan fingerprint density at radius 1 is 1.56 bits per heavy atom. The molecule has 3 nitrogen and oxygen atoms in total. The summed E-state index contributed by atoms with van der Waals surface area (Å²) >= 11 is 5.86. The van der Waals surface area contributed by atoms with Gasteiger partial charge in [-0.1, -0.05) is 11.6 Å². The third kappa shape index (κ3) is 2.18. The molecule has 1 heterocycles. The lowest BCUT2D eigenvalue weighted by molar-refractivity contribution is 0.0790. The van der Waals surface area contributed by atoms with E-state index >= 15 is 0 Å². The van der Waals surface area contributed by atoms with Crippen LogP contribution in [0.2, 0.25) is 5.02 Å². The molecule has 2 rings (SSSR count). The molecule has 0 aliphatic carbocycles. The van der Waals surface area contributed by atoms with Crippen molar-refractivity contribution in [3.05, 3.63) is 34.6 Å². The van der Waals surface area contributed by atoms with E-state index in [1.54, 1.807) is 4.90 Å². The minimum Gasteiger partial charge on any atom is -0.337 e. The summed E-state index contributed by atoms with van der Waals surface area (Å²) in [7, 11) is 0. The van der Waals surface area contributed by atoms with Gasteiger partial charge in [0.1, 0.15) is 5.82 Å². The predicted molar refractivity (Wildman–Crippen MR) is 59.9 cm³/mol. The lowest BCUT2D eigenvalue weighted by atomic mass is 10.2. The van der Waals surface area contributed by atoms with Gasteiger partial charge in [-0.05, 0) is 24.6 Å². The highest BCUT2D eigenvalue weighted by atomic mass is 35.5. The highest BCUT2D eigenvalue weighted by Gasteiger charge is 2.25. The maximum Gasteiger partial charge on any atom is 0.255 e. The van der Waals surface area contributed by atoms with Crippen LogP contribution in [0.25, 0.3) is 0 Å². The molecule has 16 heavy (non-hydrogen) atoms. The first-order valence-corrected chi connectivity index (χ1v) is 5.45. The summed E-state index contributed by atoms with van der Waals surface area (Å²) in [4.78, 5) is 13.6. The van der Waals surface area contributed by atoms with Crippen molar-refractivity contribution >= 4 is 17.5 Å². The summed E-state index contributed by atoms with van der Waals surface area (Å²) in [6.07, 6.45) is 0.776. The fourth-order valence-electron chi connectivity index (χ4n) is 1.80. The second-order valence-electron chi connectivity index (χ2n) is 3.92. The highest BCUT2D eigenvalue weighted by molar-refractivity contribution is 6.33. The van der Waals surface area contributed by atoms with E-state index in [1.165, 1.54) is 12.1 Å². The summed E-state index contributed by atoms with van der Waals surface area (Å²) in [5, 5.41) is 0.270. The van der Waals surface area contributed by atoms with Gasteiger partial charge in [-0.3, -0.25) is 4.79 Å². The normalized spacial score (nSPS) is 20.2. The molecule has 0 radical (unpaired) electrons. The fourth-order valence-corrected chi connectivity index (χ4v) is 2.00. The lowest BCUT2D eigenvalue weighted by Gasteiger charge is -2.16. The average Bonchev–Trinajstić information content (AvgIpc) is 2.67. The van der Waals surface area contributed by atoms with Gasteiger partial charge >= 0.3 is 0 Å². The molecule has 0 bridgehead atoms. The van der Waals surface area contributed by atoms with Crippen LogP contribution in [0.4, 0.5) is 4.39 Å². The zero-order chi connectivity index (χ0) is 11.7. The zero-order valence-corrected chi connectivity index (χ0v) is 9.38. The Labute approximate surface area is 98.0 Å². The summed E-state index contributed by atoms with van der Waals surface area (Å²) in [6, 6.07) is 3.79. The van der Waals surface area contributed by atoms with E-state index in [0.29, 0.717) is 13.1 Å². The molecule has 1 aliphatic heterocycles. The minimum absolute atomic E-state index is 0.0104. The zero-order valence-electron chi connectivity index (χ0n) is 8.62. The van der Waals surface area contributed by atoms with Gasteiger partial charge in [0, 0.05) is 19.1 Å². The highest BCUT2D eigenvalue weighted by Crippen LogP contribution is 2.20. The summed E-state index contributed by atoms with van der Waals surface area (Å²) in [5.74, 6) is -0.714. The first kappa shape index (κ1) is 11.4. The molecule has 1 aromatic carbocycles. The van der Waals surface area contributed by atoms with Gasteiger partial charge in [-0.25, -0.2) is 4.39 Å². The van der Waals surface area contributed by atoms with Crippen molar-refractivity contribution in [2.24, 2.45) is 5.73 Å². The first-order chi connectivity index (χ1) is 7.58. The van der Waals surface area contributed by atoms with Crippen LogP contribution in [0.3, 0.4) is 0 Å². The van der Waals surface area contributed by atoms with Crippen LogP contribution >= 0.6 is 11.6 Å². The number of nitrogens with zero attached hydrogens (tertiary/aromatic N) is 1. The van der Waals surface area contributed by atoms with Crippen LogP contribution in [0.5, 0.6) is 0 Å². The molecule has 1 saturated heterocycles. The van der Waals surface area contributed by atoms with E-state index in [2.05, 4.69) is 0 Å². The average molecular weight is 243 g/mol. The number of carbonyl (C=O) groups is 1. The quantitative estimate of drug-likeness (QED) is 0.814. The van der Waals surface area contributed by atoms with Crippen molar-refractivity contribution in [2.75, 3.05) is 13.1 Å². The molecule has 2 N–H and O–H groups in total. The minimum atomic E-state index is -0.462. The number of benzene rings is 1. The van der Waals surface area contributed by atoms with E-state index in [1.807, 2.05) is 0 Å². The number of halogens is 2. The van der Waals surface area contributed by atoms with E-state index < -0.39 is 5.82 Å². The monoisotopic (exact) mass is 242 g/mol. The van der Waals surface area contributed by atoms with Gasteiger partial charge in [0.05, 0.1) is 10.6 Å². The molecule has 0 spiro atoms. The molecule has 1 aliphatic rings. The van der Waals surface area contributed by atoms with Crippen LogP contribution in [-0.2, 0) is 0 Å². The molecule has 0 aromatic heterocycles. The molecule has 1 unspecified atom stereocenters. The first-order valence-electron chi connectivity index (χ1n) is 5.08. The third-order valence-corrected chi connectivity index (χ3v) is 3.00. The Morgan fingerprint density at radius 3 is 2.94 bits per heavy atom. The number of carbonyl (C=O) groups excluding carboxylic acids is 1. The molecule has 5 heteroatoms. The van der Waals surface area contributed by atoms with Gasteiger partial charge < -0.3 is 10.6 Å². The topological polar surface area (TPSA) is 46.3 Å². The van der Waals surface area contributed by atoms with Crippen LogP contribution in [0.1, 0.15) is 16.8 Å². The van der Waals surface area contributed by atoms with Crippen LogP contribution in [0, 0.1) is 5.82 Å². The van der Waals surface area contributed by atoms with Crippen molar-refractivity contribution in [3.8, 4) is 0 Å². The van der Waals surface area contributed by atoms with Crippen molar-refractivity contribution in [1.29, 1.82) is 0 Å². The fraction of sp³-hybridized carbons (Fsp3) is 0.364. The van der Waals surface area contributed by atoms with Crippen molar-refractivity contribution < 1.29 is 9.18 Å². The largest absolute Gasteiger partial charge is 0.337 e. The van der Waals surface area contributed by atoms with E-state index in [-0.39, 0.29) is 22.5 Å². The third-order valence-electron chi connectivity index (χ3n) is 2.67. The molecule has 1 aromatic rings. The Bertz CT molecular complexity index is 424. The number of likely N-dealkylation sites (tertiary alicyclic amines) is 1. The van der Waals surface area contributed by atoms with Gasteiger partial charge in [0.25, 0.3) is 5.91 Å². The van der Waals surface area contributed by atoms with Crippen molar-refractivity contribution in [3.63, 3.8) is 0 Å². The molecule has 1 atom stereocenters. The number of amides is 1. The standard InChI is InChI=1S/C11H12ClFN2O/c12-10-2-1-7(13)5-9(10)11(16)15-4-3-8(14)6-15/h1-2,5,8H,3-4,6,14H2. The lowest BCUT2D eigenvalue weighted by Crippen LogP contribution is -2.32. The Hall–Kier alpha value is -1.13. The second kappa shape index (κ2) is 4.39. The second-order valence-corrected chi connectivity index (χ2v) is 4.33. The van der Waals surface area contributed by atoms with Gasteiger partial charge in [0.15, 0.2) is 0 Å². The SMILES string of the molecule is NC1CCN(C(=O)c2cc(F)ccc2Cl)C1.